The van der Waals surface area contributed by atoms with Crippen LogP contribution in [-0.2, 0) is 6.42 Å². The molecule has 1 aliphatic rings. The molecule has 0 amide bonds. The first kappa shape index (κ1) is 11.5. The van der Waals surface area contributed by atoms with Crippen LogP contribution in [0.15, 0.2) is 12.1 Å². The second-order valence-electron chi connectivity index (χ2n) is 4.38. The first-order chi connectivity index (χ1) is 7.58. The fourth-order valence-electron chi connectivity index (χ4n) is 1.98. The van der Waals surface area contributed by atoms with Crippen LogP contribution in [0.1, 0.15) is 42.6 Å². The highest BCUT2D eigenvalue weighted by atomic mass is 35.5. The van der Waals surface area contributed by atoms with Gasteiger partial charge in [0.25, 0.3) is 0 Å². The summed E-state index contributed by atoms with van der Waals surface area (Å²) in [6.45, 7) is 3.88. The predicted octanol–water partition coefficient (Wildman–Crippen LogP) is 3.65. The summed E-state index contributed by atoms with van der Waals surface area (Å²) >= 11 is 6.12. The number of benzene rings is 1. The topological polar surface area (TPSA) is 26.3 Å². The summed E-state index contributed by atoms with van der Waals surface area (Å²) in [6.07, 6.45) is 2.56. The SMILES string of the molecule is CC(C)Oc1cc2c(cc1Cl)CCCC2=O. The number of aryl methyl sites for hydroxylation is 1. The van der Waals surface area contributed by atoms with Crippen LogP contribution < -0.4 is 4.74 Å². The summed E-state index contributed by atoms with van der Waals surface area (Å²) in [4.78, 5) is 11.7. The predicted molar refractivity (Wildman–Crippen MR) is 64.5 cm³/mol. The summed E-state index contributed by atoms with van der Waals surface area (Å²) in [5, 5.41) is 0.599. The maximum absolute atomic E-state index is 11.7. The zero-order valence-corrected chi connectivity index (χ0v) is 10.3. The van der Waals surface area contributed by atoms with Crippen molar-refractivity contribution in [2.24, 2.45) is 0 Å². The standard InChI is InChI=1S/C13H15ClO2/c1-8(2)16-13-7-10-9(6-11(13)14)4-3-5-12(10)15/h6-8H,3-5H2,1-2H3. The Labute approximate surface area is 101 Å². The van der Waals surface area contributed by atoms with Gasteiger partial charge in [-0.3, -0.25) is 4.79 Å². The highest BCUT2D eigenvalue weighted by Crippen LogP contribution is 2.32. The van der Waals surface area contributed by atoms with E-state index in [1.54, 1.807) is 6.07 Å². The molecule has 0 bridgehead atoms. The molecule has 16 heavy (non-hydrogen) atoms. The number of hydrogen-bond donors (Lipinski definition) is 0. The fourth-order valence-corrected chi connectivity index (χ4v) is 2.21. The van der Waals surface area contributed by atoms with Gasteiger partial charge in [-0.05, 0) is 44.4 Å². The summed E-state index contributed by atoms with van der Waals surface area (Å²) in [5.74, 6) is 0.817. The number of Topliss-reactive ketones (excluding diaryl/α,β-unsaturated/α-hetero) is 1. The maximum Gasteiger partial charge on any atom is 0.163 e. The Morgan fingerprint density at radius 3 is 2.75 bits per heavy atom. The molecule has 0 heterocycles. The van der Waals surface area contributed by atoms with Gasteiger partial charge in [-0.15, -0.1) is 0 Å². The van der Waals surface area contributed by atoms with Crippen LogP contribution in [0.4, 0.5) is 0 Å². The van der Waals surface area contributed by atoms with E-state index in [4.69, 9.17) is 16.3 Å². The minimum atomic E-state index is 0.0641. The van der Waals surface area contributed by atoms with Crippen LogP contribution in [0.2, 0.25) is 5.02 Å². The Balaban J connectivity index is 2.41. The van der Waals surface area contributed by atoms with Crippen molar-refractivity contribution in [3.63, 3.8) is 0 Å². The molecule has 0 unspecified atom stereocenters. The molecule has 86 valence electrons. The normalized spacial score (nSPS) is 15.1. The molecule has 1 aromatic carbocycles. The number of hydrogen-bond acceptors (Lipinski definition) is 2. The van der Waals surface area contributed by atoms with E-state index >= 15 is 0 Å². The van der Waals surface area contributed by atoms with Crippen molar-refractivity contribution < 1.29 is 9.53 Å². The third-order valence-electron chi connectivity index (χ3n) is 2.67. The molecule has 0 N–H and O–H groups in total. The molecule has 3 heteroatoms. The van der Waals surface area contributed by atoms with E-state index in [9.17, 15) is 4.79 Å². The van der Waals surface area contributed by atoms with Crippen LogP contribution in [0.25, 0.3) is 0 Å². The van der Waals surface area contributed by atoms with Crippen molar-refractivity contribution in [3.8, 4) is 5.75 Å². The second kappa shape index (κ2) is 4.46. The molecule has 1 aromatic rings. The third kappa shape index (κ3) is 2.22. The molecule has 0 radical (unpaired) electrons. The molecular formula is C13H15ClO2. The van der Waals surface area contributed by atoms with Gasteiger partial charge in [0, 0.05) is 12.0 Å². The molecule has 0 aliphatic heterocycles. The van der Waals surface area contributed by atoms with Crippen molar-refractivity contribution >= 4 is 17.4 Å². The molecule has 2 rings (SSSR count). The molecule has 2 nitrogen and oxygen atoms in total. The lowest BCUT2D eigenvalue weighted by atomic mass is 9.90. The number of carbonyl (C=O) groups is 1. The van der Waals surface area contributed by atoms with E-state index in [0.29, 0.717) is 17.2 Å². The lowest BCUT2D eigenvalue weighted by molar-refractivity contribution is 0.0971. The Bertz CT molecular complexity index is 424. The van der Waals surface area contributed by atoms with E-state index < -0.39 is 0 Å². The number of ether oxygens (including phenoxy) is 1. The first-order valence-corrected chi connectivity index (χ1v) is 5.98. The first-order valence-electron chi connectivity index (χ1n) is 5.60. The minimum Gasteiger partial charge on any atom is -0.489 e. The monoisotopic (exact) mass is 238 g/mol. The van der Waals surface area contributed by atoms with E-state index in [2.05, 4.69) is 0 Å². The van der Waals surface area contributed by atoms with E-state index in [1.807, 2.05) is 19.9 Å². The van der Waals surface area contributed by atoms with E-state index in [-0.39, 0.29) is 11.9 Å². The van der Waals surface area contributed by atoms with Gasteiger partial charge in [0.2, 0.25) is 0 Å². The van der Waals surface area contributed by atoms with Gasteiger partial charge in [-0.25, -0.2) is 0 Å². The molecule has 0 aromatic heterocycles. The number of carbonyl (C=O) groups excluding carboxylic acids is 1. The maximum atomic E-state index is 11.7. The number of halogens is 1. The van der Waals surface area contributed by atoms with Gasteiger partial charge in [-0.2, -0.15) is 0 Å². The van der Waals surface area contributed by atoms with Crippen LogP contribution in [0, 0.1) is 0 Å². The average Bonchev–Trinajstić information content (AvgIpc) is 2.20. The largest absolute Gasteiger partial charge is 0.489 e. The van der Waals surface area contributed by atoms with E-state index in [1.165, 1.54) is 0 Å². The Kier molecular flexibility index (Phi) is 3.20. The highest BCUT2D eigenvalue weighted by Gasteiger charge is 2.19. The second-order valence-corrected chi connectivity index (χ2v) is 4.79. The molecule has 0 fully saturated rings. The minimum absolute atomic E-state index is 0.0641. The van der Waals surface area contributed by atoms with Crippen molar-refractivity contribution in [1.82, 2.24) is 0 Å². The zero-order chi connectivity index (χ0) is 11.7. The summed E-state index contributed by atoms with van der Waals surface area (Å²) in [5.41, 5.74) is 1.84. The molecule has 0 spiro atoms. The third-order valence-corrected chi connectivity index (χ3v) is 2.97. The van der Waals surface area contributed by atoms with Gasteiger partial charge >= 0.3 is 0 Å². The highest BCUT2D eigenvalue weighted by molar-refractivity contribution is 6.32. The molecule has 0 saturated heterocycles. The number of fused-ring (bicyclic) bond motifs is 1. The fraction of sp³-hybridized carbons (Fsp3) is 0.462. The molecule has 0 atom stereocenters. The van der Waals surface area contributed by atoms with Crippen molar-refractivity contribution in [1.29, 1.82) is 0 Å². The van der Waals surface area contributed by atoms with Crippen LogP contribution in [0.3, 0.4) is 0 Å². The number of ketones is 1. The zero-order valence-electron chi connectivity index (χ0n) is 9.55. The van der Waals surface area contributed by atoms with Crippen molar-refractivity contribution in [3.05, 3.63) is 28.3 Å². The van der Waals surface area contributed by atoms with Gasteiger partial charge in [0.15, 0.2) is 5.78 Å². The van der Waals surface area contributed by atoms with Gasteiger partial charge in [0.1, 0.15) is 5.75 Å². The Morgan fingerprint density at radius 1 is 1.31 bits per heavy atom. The average molecular weight is 239 g/mol. The summed E-state index contributed by atoms with van der Waals surface area (Å²) in [7, 11) is 0. The van der Waals surface area contributed by atoms with Crippen LogP contribution in [0.5, 0.6) is 5.75 Å². The smallest absolute Gasteiger partial charge is 0.163 e. The van der Waals surface area contributed by atoms with Crippen LogP contribution in [-0.4, -0.2) is 11.9 Å². The lowest BCUT2D eigenvalue weighted by Crippen LogP contribution is -2.12. The quantitative estimate of drug-likeness (QED) is 0.786. The summed E-state index contributed by atoms with van der Waals surface area (Å²) < 4.78 is 5.58. The Morgan fingerprint density at radius 2 is 2.06 bits per heavy atom. The van der Waals surface area contributed by atoms with Gasteiger partial charge in [0.05, 0.1) is 11.1 Å². The molecular weight excluding hydrogens is 224 g/mol. The van der Waals surface area contributed by atoms with Crippen LogP contribution >= 0.6 is 11.6 Å². The van der Waals surface area contributed by atoms with Crippen molar-refractivity contribution in [2.45, 2.75) is 39.2 Å². The summed E-state index contributed by atoms with van der Waals surface area (Å²) in [6, 6.07) is 3.66. The molecule has 0 saturated carbocycles. The van der Waals surface area contributed by atoms with E-state index in [0.717, 1.165) is 24.0 Å². The Hall–Kier alpha value is -1.02. The van der Waals surface area contributed by atoms with Gasteiger partial charge < -0.3 is 4.74 Å². The van der Waals surface area contributed by atoms with Crippen molar-refractivity contribution in [2.75, 3.05) is 0 Å². The number of rotatable bonds is 2. The van der Waals surface area contributed by atoms with Gasteiger partial charge in [-0.1, -0.05) is 11.6 Å². The lowest BCUT2D eigenvalue weighted by Gasteiger charge is -2.18. The molecule has 1 aliphatic carbocycles.